The molecule has 0 radical (unpaired) electrons. The van der Waals surface area contributed by atoms with E-state index < -0.39 is 6.04 Å². The quantitative estimate of drug-likeness (QED) is 0.779. The number of phenols is 1. The minimum Gasteiger partial charge on any atom is -0.505 e. The summed E-state index contributed by atoms with van der Waals surface area (Å²) in [6.45, 7) is 1.46. The van der Waals surface area contributed by atoms with E-state index in [1.165, 1.54) is 6.92 Å². The van der Waals surface area contributed by atoms with Crippen molar-refractivity contribution in [3.63, 3.8) is 0 Å². The standard InChI is InChI=1S/C18H16N2O2/c1-12(21)20-16(13-6-3-2-4-7-13)15-10-9-14-8-5-11-19-17(14)18(15)22/h2-11,16,22H,1H3,(H,20,21)/t16-/m0/s1. The van der Waals surface area contributed by atoms with Crippen LogP contribution in [0.2, 0.25) is 0 Å². The number of nitrogens with zero attached hydrogens (tertiary/aromatic N) is 1. The van der Waals surface area contributed by atoms with Crippen molar-refractivity contribution in [3.8, 4) is 5.75 Å². The molecule has 4 heteroatoms. The molecule has 0 saturated carbocycles. The van der Waals surface area contributed by atoms with Gasteiger partial charge in [-0.05, 0) is 11.6 Å². The van der Waals surface area contributed by atoms with Crippen molar-refractivity contribution in [1.82, 2.24) is 10.3 Å². The molecule has 1 aromatic heterocycles. The number of aromatic hydroxyl groups is 1. The molecule has 3 aromatic rings. The van der Waals surface area contributed by atoms with Gasteiger partial charge in [0.05, 0.1) is 6.04 Å². The van der Waals surface area contributed by atoms with Gasteiger partial charge in [-0.15, -0.1) is 0 Å². The van der Waals surface area contributed by atoms with E-state index in [-0.39, 0.29) is 11.7 Å². The highest BCUT2D eigenvalue weighted by atomic mass is 16.3. The number of fused-ring (bicyclic) bond motifs is 1. The molecule has 0 spiro atoms. The number of hydrogen-bond donors (Lipinski definition) is 2. The molecular weight excluding hydrogens is 276 g/mol. The third kappa shape index (κ3) is 2.63. The van der Waals surface area contributed by atoms with Gasteiger partial charge in [-0.1, -0.05) is 48.5 Å². The monoisotopic (exact) mass is 292 g/mol. The number of carbonyl (C=O) groups is 1. The topological polar surface area (TPSA) is 62.2 Å². The first-order valence-corrected chi connectivity index (χ1v) is 7.05. The summed E-state index contributed by atoms with van der Waals surface area (Å²) in [5.74, 6) is -0.0601. The second-order valence-corrected chi connectivity index (χ2v) is 5.12. The number of hydrogen-bond acceptors (Lipinski definition) is 3. The lowest BCUT2D eigenvalue weighted by atomic mass is 9.96. The minimum absolute atomic E-state index is 0.0979. The van der Waals surface area contributed by atoms with Gasteiger partial charge in [-0.25, -0.2) is 0 Å². The molecule has 0 saturated heterocycles. The Kier molecular flexibility index (Phi) is 3.74. The summed E-state index contributed by atoms with van der Waals surface area (Å²) in [4.78, 5) is 15.8. The Balaban J connectivity index is 2.16. The second-order valence-electron chi connectivity index (χ2n) is 5.12. The lowest BCUT2D eigenvalue weighted by Crippen LogP contribution is -2.27. The van der Waals surface area contributed by atoms with Crippen molar-refractivity contribution in [2.75, 3.05) is 0 Å². The fourth-order valence-electron chi connectivity index (χ4n) is 2.57. The highest BCUT2D eigenvalue weighted by Gasteiger charge is 2.20. The molecule has 2 aromatic carbocycles. The Morgan fingerprint density at radius 1 is 1.09 bits per heavy atom. The maximum Gasteiger partial charge on any atom is 0.217 e. The number of rotatable bonds is 3. The third-order valence-electron chi connectivity index (χ3n) is 3.57. The molecule has 1 heterocycles. The largest absolute Gasteiger partial charge is 0.505 e. The van der Waals surface area contributed by atoms with Crippen LogP contribution in [0.5, 0.6) is 5.75 Å². The van der Waals surface area contributed by atoms with Crippen molar-refractivity contribution in [2.45, 2.75) is 13.0 Å². The van der Waals surface area contributed by atoms with Gasteiger partial charge in [0.15, 0.2) is 0 Å². The second kappa shape index (κ2) is 5.85. The molecule has 110 valence electrons. The van der Waals surface area contributed by atoms with Crippen LogP contribution in [-0.2, 0) is 4.79 Å². The summed E-state index contributed by atoms with van der Waals surface area (Å²) >= 11 is 0. The smallest absolute Gasteiger partial charge is 0.217 e. The zero-order chi connectivity index (χ0) is 15.5. The van der Waals surface area contributed by atoms with Crippen molar-refractivity contribution in [2.24, 2.45) is 0 Å². The zero-order valence-electron chi connectivity index (χ0n) is 12.2. The maximum atomic E-state index is 11.6. The number of benzene rings is 2. The van der Waals surface area contributed by atoms with Crippen LogP contribution in [0.4, 0.5) is 0 Å². The van der Waals surface area contributed by atoms with Gasteiger partial charge in [0.1, 0.15) is 11.3 Å². The number of amides is 1. The summed E-state index contributed by atoms with van der Waals surface area (Å²) in [6, 6.07) is 16.6. The summed E-state index contributed by atoms with van der Waals surface area (Å²) in [5, 5.41) is 14.3. The molecule has 0 unspecified atom stereocenters. The molecule has 0 aliphatic carbocycles. The molecule has 0 fully saturated rings. The van der Waals surface area contributed by atoms with Crippen molar-refractivity contribution in [1.29, 1.82) is 0 Å². The Labute approximate surface area is 128 Å². The van der Waals surface area contributed by atoms with Crippen molar-refractivity contribution in [3.05, 3.63) is 71.9 Å². The van der Waals surface area contributed by atoms with E-state index in [1.807, 2.05) is 54.6 Å². The summed E-state index contributed by atoms with van der Waals surface area (Å²) in [6.07, 6.45) is 1.64. The Morgan fingerprint density at radius 2 is 1.86 bits per heavy atom. The number of aromatic nitrogens is 1. The molecule has 0 bridgehead atoms. The molecule has 2 N–H and O–H groups in total. The number of phenolic OH excluding ortho intramolecular Hbond substituents is 1. The van der Waals surface area contributed by atoms with Crippen LogP contribution in [0.15, 0.2) is 60.8 Å². The first kappa shape index (κ1) is 14.1. The highest BCUT2D eigenvalue weighted by molar-refractivity contribution is 5.86. The molecule has 0 aliphatic heterocycles. The molecule has 4 nitrogen and oxygen atoms in total. The van der Waals surface area contributed by atoms with Crippen molar-refractivity contribution >= 4 is 16.8 Å². The first-order valence-electron chi connectivity index (χ1n) is 7.05. The van der Waals surface area contributed by atoms with E-state index in [2.05, 4.69) is 10.3 Å². The Hall–Kier alpha value is -2.88. The van der Waals surface area contributed by atoms with Crippen LogP contribution in [0.25, 0.3) is 10.9 Å². The van der Waals surface area contributed by atoms with Gasteiger partial charge >= 0.3 is 0 Å². The molecule has 1 amide bonds. The Morgan fingerprint density at radius 3 is 2.59 bits per heavy atom. The normalized spacial score (nSPS) is 12.0. The van der Waals surface area contributed by atoms with E-state index in [9.17, 15) is 9.90 Å². The number of nitrogens with one attached hydrogen (secondary N) is 1. The van der Waals surface area contributed by atoms with E-state index in [0.29, 0.717) is 11.1 Å². The summed E-state index contributed by atoms with van der Waals surface area (Å²) in [5.41, 5.74) is 2.07. The fourth-order valence-corrected chi connectivity index (χ4v) is 2.57. The van der Waals surface area contributed by atoms with Crippen LogP contribution < -0.4 is 5.32 Å². The molecule has 0 aliphatic rings. The highest BCUT2D eigenvalue weighted by Crippen LogP contribution is 2.34. The molecule has 22 heavy (non-hydrogen) atoms. The van der Waals surface area contributed by atoms with Crippen molar-refractivity contribution < 1.29 is 9.90 Å². The van der Waals surface area contributed by atoms with Gasteiger partial charge in [0.25, 0.3) is 0 Å². The molecule has 3 rings (SSSR count). The zero-order valence-corrected chi connectivity index (χ0v) is 12.2. The maximum absolute atomic E-state index is 11.6. The lowest BCUT2D eigenvalue weighted by Gasteiger charge is -2.20. The minimum atomic E-state index is -0.412. The summed E-state index contributed by atoms with van der Waals surface area (Å²) < 4.78 is 0. The van der Waals surface area contributed by atoms with Gasteiger partial charge in [0, 0.05) is 24.1 Å². The van der Waals surface area contributed by atoms with Gasteiger partial charge in [0.2, 0.25) is 5.91 Å². The van der Waals surface area contributed by atoms with Crippen LogP contribution in [0, 0.1) is 0 Å². The number of carbonyl (C=O) groups excluding carboxylic acids is 1. The van der Waals surface area contributed by atoms with Crippen LogP contribution in [0.3, 0.4) is 0 Å². The van der Waals surface area contributed by atoms with Gasteiger partial charge < -0.3 is 10.4 Å². The van der Waals surface area contributed by atoms with E-state index in [0.717, 1.165) is 10.9 Å². The van der Waals surface area contributed by atoms with Crippen LogP contribution in [0.1, 0.15) is 24.1 Å². The van der Waals surface area contributed by atoms with E-state index in [1.54, 1.807) is 6.20 Å². The SMILES string of the molecule is CC(=O)N[C@@H](c1ccccc1)c1ccc2cccnc2c1O. The van der Waals surface area contributed by atoms with Crippen LogP contribution >= 0.6 is 0 Å². The predicted molar refractivity (Wildman–Crippen MR) is 85.5 cm³/mol. The van der Waals surface area contributed by atoms with E-state index >= 15 is 0 Å². The molecule has 1 atom stereocenters. The van der Waals surface area contributed by atoms with Gasteiger partial charge in [-0.2, -0.15) is 0 Å². The number of pyridine rings is 1. The van der Waals surface area contributed by atoms with Crippen LogP contribution in [-0.4, -0.2) is 16.0 Å². The fraction of sp³-hybridized carbons (Fsp3) is 0.111. The third-order valence-corrected chi connectivity index (χ3v) is 3.57. The average Bonchev–Trinajstić information content (AvgIpc) is 2.54. The Bertz CT molecular complexity index is 816. The first-order chi connectivity index (χ1) is 10.7. The molecular formula is C18H16N2O2. The predicted octanol–water partition coefficient (Wildman–Crippen LogP) is 3.17. The van der Waals surface area contributed by atoms with Gasteiger partial charge in [-0.3, -0.25) is 9.78 Å². The average molecular weight is 292 g/mol. The lowest BCUT2D eigenvalue weighted by molar-refractivity contribution is -0.119. The van der Waals surface area contributed by atoms with E-state index in [4.69, 9.17) is 0 Å². The summed E-state index contributed by atoms with van der Waals surface area (Å²) in [7, 11) is 0.